The molecule has 0 aliphatic carbocycles. The maximum atomic E-state index is 11.5. The van der Waals surface area contributed by atoms with E-state index in [2.05, 4.69) is 9.84 Å². The van der Waals surface area contributed by atoms with Gasteiger partial charge >= 0.3 is 5.97 Å². The predicted octanol–water partition coefficient (Wildman–Crippen LogP) is 0.888. The van der Waals surface area contributed by atoms with Crippen LogP contribution in [0, 0.1) is 0 Å². The van der Waals surface area contributed by atoms with Gasteiger partial charge < -0.3 is 14.6 Å². The van der Waals surface area contributed by atoms with Gasteiger partial charge in [-0.1, -0.05) is 0 Å². The lowest BCUT2D eigenvalue weighted by molar-refractivity contribution is -0.0802. The van der Waals surface area contributed by atoms with E-state index in [4.69, 9.17) is 4.74 Å². The van der Waals surface area contributed by atoms with Crippen molar-refractivity contribution in [2.45, 2.75) is 26.2 Å². The Hall–Kier alpha value is -1.40. The number of hydrogen-bond acceptors (Lipinski definition) is 5. The number of aromatic nitrogens is 2. The fourth-order valence-corrected chi connectivity index (χ4v) is 1.31. The monoisotopic (exact) mass is 228 g/mol. The predicted molar refractivity (Wildman–Crippen MR) is 55.9 cm³/mol. The molecular weight excluding hydrogens is 212 g/mol. The van der Waals surface area contributed by atoms with Gasteiger partial charge in [0.1, 0.15) is 11.4 Å². The third kappa shape index (κ3) is 2.40. The van der Waals surface area contributed by atoms with Crippen molar-refractivity contribution in [2.75, 3.05) is 14.2 Å². The first-order chi connectivity index (χ1) is 7.51. The highest BCUT2D eigenvalue weighted by Gasteiger charge is 2.20. The van der Waals surface area contributed by atoms with Crippen molar-refractivity contribution in [3.63, 3.8) is 0 Å². The average Bonchev–Trinajstić information content (AvgIpc) is 2.71. The molecular formula is C10H16N2O4. The summed E-state index contributed by atoms with van der Waals surface area (Å²) in [5.74, 6) is -0.490. The number of carbonyl (C=O) groups excluding carboxylic acids is 1. The summed E-state index contributed by atoms with van der Waals surface area (Å²) in [7, 11) is 2.66. The van der Waals surface area contributed by atoms with Gasteiger partial charge in [-0.25, -0.2) is 4.79 Å². The van der Waals surface area contributed by atoms with E-state index in [9.17, 15) is 9.90 Å². The van der Waals surface area contributed by atoms with Crippen LogP contribution in [0.25, 0.3) is 0 Å². The molecule has 0 amide bonds. The number of carbonyl (C=O) groups is 1. The van der Waals surface area contributed by atoms with Crippen LogP contribution >= 0.6 is 0 Å². The Bertz CT molecular complexity index is 373. The number of aliphatic hydroxyl groups excluding tert-OH is 1. The van der Waals surface area contributed by atoms with Crippen LogP contribution in [0.4, 0.5) is 0 Å². The Kier molecular flexibility index (Phi) is 4.03. The third-order valence-corrected chi connectivity index (χ3v) is 2.11. The van der Waals surface area contributed by atoms with E-state index in [0.29, 0.717) is 5.69 Å². The largest absolute Gasteiger partial charge is 0.464 e. The van der Waals surface area contributed by atoms with Gasteiger partial charge in [0, 0.05) is 13.2 Å². The Morgan fingerprint density at radius 2 is 2.12 bits per heavy atom. The summed E-state index contributed by atoms with van der Waals surface area (Å²) < 4.78 is 10.8. The minimum absolute atomic E-state index is 0.00749. The minimum Gasteiger partial charge on any atom is -0.464 e. The number of rotatable bonds is 4. The summed E-state index contributed by atoms with van der Waals surface area (Å²) in [5.41, 5.74) is 0.584. The van der Waals surface area contributed by atoms with Crippen LogP contribution in [0.15, 0.2) is 6.07 Å². The lowest BCUT2D eigenvalue weighted by Gasteiger charge is -2.09. The average molecular weight is 228 g/mol. The van der Waals surface area contributed by atoms with Crippen molar-refractivity contribution in [3.8, 4) is 0 Å². The molecule has 6 heteroatoms. The summed E-state index contributed by atoms with van der Waals surface area (Å²) in [6.07, 6.45) is -1.14. The van der Waals surface area contributed by atoms with Gasteiger partial charge in [-0.2, -0.15) is 5.10 Å². The van der Waals surface area contributed by atoms with Gasteiger partial charge in [0.15, 0.2) is 6.29 Å². The van der Waals surface area contributed by atoms with Crippen LogP contribution in [0.1, 0.15) is 42.4 Å². The van der Waals surface area contributed by atoms with Gasteiger partial charge in [-0.05, 0) is 19.9 Å². The summed E-state index contributed by atoms with van der Waals surface area (Å²) in [4.78, 5) is 11.5. The first kappa shape index (κ1) is 12.7. The van der Waals surface area contributed by atoms with Gasteiger partial charge in [-0.15, -0.1) is 0 Å². The molecule has 0 saturated heterocycles. The first-order valence-electron chi connectivity index (χ1n) is 4.89. The Balaban J connectivity index is 3.15. The van der Waals surface area contributed by atoms with E-state index in [1.165, 1.54) is 25.0 Å². The Morgan fingerprint density at radius 3 is 2.56 bits per heavy atom. The summed E-state index contributed by atoms with van der Waals surface area (Å²) in [6.45, 7) is 3.75. The summed E-state index contributed by atoms with van der Waals surface area (Å²) in [5, 5.41) is 13.5. The molecule has 90 valence electrons. The fraction of sp³-hybridized carbons (Fsp3) is 0.600. The molecule has 0 aromatic carbocycles. The van der Waals surface area contributed by atoms with Crippen LogP contribution in [0.2, 0.25) is 0 Å². The van der Waals surface area contributed by atoms with E-state index < -0.39 is 12.3 Å². The molecule has 1 heterocycles. The molecule has 1 N–H and O–H groups in total. The van der Waals surface area contributed by atoms with Crippen molar-refractivity contribution in [1.29, 1.82) is 0 Å². The molecule has 0 aliphatic heterocycles. The van der Waals surface area contributed by atoms with Crippen molar-refractivity contribution in [3.05, 3.63) is 17.5 Å². The molecule has 1 aromatic heterocycles. The zero-order valence-electron chi connectivity index (χ0n) is 9.80. The second-order valence-corrected chi connectivity index (χ2v) is 3.57. The normalized spacial score (nSPS) is 12.9. The van der Waals surface area contributed by atoms with Gasteiger partial charge in [0.2, 0.25) is 0 Å². The fourth-order valence-electron chi connectivity index (χ4n) is 1.31. The zero-order valence-corrected chi connectivity index (χ0v) is 9.80. The smallest absolute Gasteiger partial charge is 0.356 e. The molecule has 0 spiro atoms. The Morgan fingerprint density at radius 1 is 1.50 bits per heavy atom. The van der Waals surface area contributed by atoms with E-state index in [1.54, 1.807) is 0 Å². The van der Waals surface area contributed by atoms with Crippen molar-refractivity contribution in [2.24, 2.45) is 0 Å². The van der Waals surface area contributed by atoms with Gasteiger partial charge in [-0.3, -0.25) is 4.68 Å². The Labute approximate surface area is 93.8 Å². The molecule has 1 rings (SSSR count). The highest BCUT2D eigenvalue weighted by atomic mass is 16.6. The maximum Gasteiger partial charge on any atom is 0.356 e. The molecule has 0 radical (unpaired) electrons. The number of aliphatic hydroxyl groups is 1. The minimum atomic E-state index is -1.14. The van der Waals surface area contributed by atoms with Crippen molar-refractivity contribution >= 4 is 5.97 Å². The number of ether oxygens (including phenoxy) is 2. The molecule has 0 fully saturated rings. The van der Waals surface area contributed by atoms with E-state index in [-0.39, 0.29) is 11.7 Å². The molecule has 6 nitrogen and oxygen atoms in total. The summed E-state index contributed by atoms with van der Waals surface area (Å²) >= 11 is 0. The lowest BCUT2D eigenvalue weighted by Crippen LogP contribution is -2.13. The van der Waals surface area contributed by atoms with Crippen LogP contribution in [-0.4, -0.2) is 35.1 Å². The van der Waals surface area contributed by atoms with Crippen molar-refractivity contribution < 1.29 is 19.4 Å². The molecule has 1 atom stereocenters. The number of methoxy groups -OCH3 is 2. The summed E-state index contributed by atoms with van der Waals surface area (Å²) in [6, 6.07) is 1.45. The van der Waals surface area contributed by atoms with E-state index in [0.717, 1.165) is 0 Å². The highest BCUT2D eigenvalue weighted by Crippen LogP contribution is 2.17. The molecule has 0 aliphatic rings. The zero-order chi connectivity index (χ0) is 12.3. The number of hydrogen-bond donors (Lipinski definition) is 1. The van der Waals surface area contributed by atoms with Crippen LogP contribution in [0.5, 0.6) is 0 Å². The maximum absolute atomic E-state index is 11.5. The second-order valence-electron chi connectivity index (χ2n) is 3.57. The SMILES string of the molecule is COC(=O)c1cc(C(O)OC)nn1C(C)C. The molecule has 1 aromatic rings. The number of nitrogens with zero attached hydrogens (tertiary/aromatic N) is 2. The standard InChI is InChI=1S/C10H16N2O4/c1-6(2)12-8(10(14)16-4)5-7(11-12)9(13)15-3/h5-6,9,13H,1-4H3. The van der Waals surface area contributed by atoms with E-state index in [1.807, 2.05) is 13.8 Å². The highest BCUT2D eigenvalue weighted by molar-refractivity contribution is 5.87. The second kappa shape index (κ2) is 5.09. The third-order valence-electron chi connectivity index (χ3n) is 2.11. The lowest BCUT2D eigenvalue weighted by atomic mass is 10.3. The first-order valence-corrected chi connectivity index (χ1v) is 4.89. The topological polar surface area (TPSA) is 73.6 Å². The molecule has 16 heavy (non-hydrogen) atoms. The van der Waals surface area contributed by atoms with Gasteiger partial charge in [0.25, 0.3) is 0 Å². The quantitative estimate of drug-likeness (QED) is 0.612. The van der Waals surface area contributed by atoms with Crippen LogP contribution < -0.4 is 0 Å². The van der Waals surface area contributed by atoms with Crippen LogP contribution in [0.3, 0.4) is 0 Å². The van der Waals surface area contributed by atoms with Gasteiger partial charge in [0.05, 0.1) is 7.11 Å². The van der Waals surface area contributed by atoms with E-state index >= 15 is 0 Å². The molecule has 0 saturated carbocycles. The molecule has 0 bridgehead atoms. The number of esters is 1. The van der Waals surface area contributed by atoms with Crippen LogP contribution in [-0.2, 0) is 9.47 Å². The van der Waals surface area contributed by atoms with Crippen molar-refractivity contribution in [1.82, 2.24) is 9.78 Å². The molecule has 1 unspecified atom stereocenters.